The molecule has 164 valence electrons. The number of carbonyl (C=O) groups is 1. The Morgan fingerprint density at radius 1 is 1.06 bits per heavy atom. The summed E-state index contributed by atoms with van der Waals surface area (Å²) >= 11 is 17.7. The van der Waals surface area contributed by atoms with Crippen molar-refractivity contribution in [2.75, 3.05) is 44.4 Å². The number of nitrogens with one attached hydrogen (secondary N) is 1. The number of halogens is 3. The number of nitrogens with zero attached hydrogens (tertiary/aromatic N) is 4. The van der Waals surface area contributed by atoms with Crippen molar-refractivity contribution in [2.24, 2.45) is 0 Å². The van der Waals surface area contributed by atoms with Crippen LogP contribution in [0, 0.1) is 0 Å². The molecule has 10 heteroatoms. The van der Waals surface area contributed by atoms with E-state index >= 15 is 0 Å². The lowest BCUT2D eigenvalue weighted by Gasteiger charge is -2.23. The van der Waals surface area contributed by atoms with Gasteiger partial charge in [-0.05, 0) is 44.4 Å². The first-order valence-electron chi connectivity index (χ1n) is 9.44. The fourth-order valence-corrected chi connectivity index (χ4v) is 3.24. The Balaban J connectivity index is 1.90. The van der Waals surface area contributed by atoms with Crippen molar-refractivity contribution in [2.45, 2.75) is 4.84 Å². The zero-order chi connectivity index (χ0) is 22.5. The molecule has 0 bridgehead atoms. The molecule has 3 rings (SSSR count). The fraction of sp³-hybridized carbons (Fsp3) is 0.286. The first-order valence-corrected chi connectivity index (χ1v) is 10.7. The number of benzene rings is 2. The Labute approximate surface area is 195 Å². The number of aromatic nitrogens is 2. The van der Waals surface area contributed by atoms with Gasteiger partial charge in [0.05, 0.1) is 16.3 Å². The number of anilines is 2. The molecule has 0 saturated heterocycles. The molecule has 1 heterocycles. The van der Waals surface area contributed by atoms with Gasteiger partial charge in [0.2, 0.25) is 5.89 Å². The summed E-state index contributed by atoms with van der Waals surface area (Å²) in [6, 6.07) is 12.6. The van der Waals surface area contributed by atoms with Gasteiger partial charge in [0.1, 0.15) is 0 Å². The van der Waals surface area contributed by atoms with E-state index in [9.17, 15) is 4.79 Å². The van der Waals surface area contributed by atoms with E-state index < -0.39 is 10.7 Å². The number of hydrogen-bond acceptors (Lipinski definition) is 6. The van der Waals surface area contributed by atoms with Crippen LogP contribution in [-0.2, 0) is 4.79 Å². The van der Waals surface area contributed by atoms with Crippen LogP contribution >= 0.6 is 34.8 Å². The highest BCUT2D eigenvalue weighted by molar-refractivity contribution is 6.54. The van der Waals surface area contributed by atoms with E-state index in [1.807, 2.05) is 33.3 Å². The van der Waals surface area contributed by atoms with Crippen molar-refractivity contribution in [3.05, 3.63) is 47.5 Å². The highest BCUT2D eigenvalue weighted by Crippen LogP contribution is 2.37. The van der Waals surface area contributed by atoms with Crippen LogP contribution in [0.3, 0.4) is 0 Å². The molecule has 1 amide bonds. The van der Waals surface area contributed by atoms with Gasteiger partial charge in [-0.15, -0.1) is 10.2 Å². The number of rotatable bonds is 8. The lowest BCUT2D eigenvalue weighted by atomic mass is 10.1. The maximum absolute atomic E-state index is 11.7. The number of likely N-dealkylation sites (N-methyl/N-ethyl adjacent to an activating group) is 2. The molecule has 0 unspecified atom stereocenters. The van der Waals surface area contributed by atoms with Crippen LogP contribution in [0.2, 0.25) is 5.02 Å². The molecule has 0 aliphatic rings. The smallest absolute Gasteiger partial charge is 0.257 e. The van der Waals surface area contributed by atoms with Gasteiger partial charge in [0.15, 0.2) is 4.84 Å². The number of alkyl halides is 2. The maximum atomic E-state index is 11.7. The van der Waals surface area contributed by atoms with Crippen LogP contribution in [0.25, 0.3) is 22.9 Å². The molecule has 0 atom stereocenters. The van der Waals surface area contributed by atoms with E-state index in [0.29, 0.717) is 33.6 Å². The Hall–Kier alpha value is -2.32. The Bertz CT molecular complexity index is 1050. The number of hydrogen-bond donors (Lipinski definition) is 1. The molecule has 1 aromatic heterocycles. The Morgan fingerprint density at radius 2 is 1.77 bits per heavy atom. The predicted octanol–water partition coefficient (Wildman–Crippen LogP) is 4.80. The summed E-state index contributed by atoms with van der Waals surface area (Å²) in [5.41, 5.74) is 2.70. The van der Waals surface area contributed by atoms with E-state index in [4.69, 9.17) is 39.2 Å². The Morgan fingerprint density at radius 3 is 2.48 bits per heavy atom. The summed E-state index contributed by atoms with van der Waals surface area (Å²) in [5, 5.41) is 11.5. The second-order valence-corrected chi connectivity index (χ2v) is 8.65. The monoisotopic (exact) mass is 481 g/mol. The van der Waals surface area contributed by atoms with Gasteiger partial charge in [0, 0.05) is 31.4 Å². The largest absolute Gasteiger partial charge is 0.416 e. The van der Waals surface area contributed by atoms with Crippen LogP contribution in [0.4, 0.5) is 11.4 Å². The van der Waals surface area contributed by atoms with Crippen molar-refractivity contribution in [3.63, 3.8) is 0 Å². The fourth-order valence-electron chi connectivity index (χ4n) is 2.88. The van der Waals surface area contributed by atoms with Crippen LogP contribution < -0.4 is 10.2 Å². The van der Waals surface area contributed by atoms with Gasteiger partial charge in [-0.1, -0.05) is 46.9 Å². The summed E-state index contributed by atoms with van der Waals surface area (Å²) < 4.78 is 5.95. The molecule has 0 aliphatic heterocycles. The van der Waals surface area contributed by atoms with E-state index in [1.165, 1.54) is 0 Å². The second kappa shape index (κ2) is 10.3. The third kappa shape index (κ3) is 5.89. The third-order valence-corrected chi connectivity index (χ3v) is 5.21. The van der Waals surface area contributed by atoms with Gasteiger partial charge >= 0.3 is 0 Å². The standard InChI is InChI=1S/C21H22Cl3N5O2/c1-28(2)10-11-29(3)16-9-5-8-15(22)17(16)21-27-26-20(31-21)13-6-4-7-14(12-13)25-19(30)18(23)24/h4-9,12,18H,10-11H2,1-3H3,(H,25,30). The van der Waals surface area contributed by atoms with Crippen LogP contribution in [0.5, 0.6) is 0 Å². The van der Waals surface area contributed by atoms with Gasteiger partial charge in [-0.25, -0.2) is 0 Å². The zero-order valence-corrected chi connectivity index (χ0v) is 19.5. The molecule has 0 spiro atoms. The quantitative estimate of drug-likeness (QED) is 0.465. The van der Waals surface area contributed by atoms with E-state index in [2.05, 4.69) is 25.3 Å². The summed E-state index contributed by atoms with van der Waals surface area (Å²) in [4.78, 5) is 14.8. The minimum atomic E-state index is -1.17. The minimum absolute atomic E-state index is 0.293. The second-order valence-electron chi connectivity index (χ2n) is 7.14. The zero-order valence-electron chi connectivity index (χ0n) is 17.3. The van der Waals surface area contributed by atoms with Crippen molar-refractivity contribution in [1.29, 1.82) is 0 Å². The predicted molar refractivity (Wildman–Crippen MR) is 126 cm³/mol. The molecular formula is C21H22Cl3N5O2. The van der Waals surface area contributed by atoms with Crippen LogP contribution in [0.15, 0.2) is 46.9 Å². The average molecular weight is 483 g/mol. The molecule has 0 aliphatic carbocycles. The van der Waals surface area contributed by atoms with Crippen molar-refractivity contribution < 1.29 is 9.21 Å². The molecular weight excluding hydrogens is 461 g/mol. The van der Waals surface area contributed by atoms with Gasteiger partial charge in [-0.2, -0.15) is 0 Å². The molecule has 0 fully saturated rings. The van der Waals surface area contributed by atoms with Gasteiger partial charge in [0.25, 0.3) is 11.8 Å². The normalized spacial score (nSPS) is 11.2. The first-order chi connectivity index (χ1) is 14.8. The minimum Gasteiger partial charge on any atom is -0.416 e. The first kappa shape index (κ1) is 23.3. The summed E-state index contributed by atoms with van der Waals surface area (Å²) in [5.74, 6) is 0.0812. The number of carbonyl (C=O) groups excluding carboxylic acids is 1. The molecule has 0 radical (unpaired) electrons. The molecule has 31 heavy (non-hydrogen) atoms. The van der Waals surface area contributed by atoms with E-state index in [1.54, 1.807) is 30.3 Å². The summed E-state index contributed by atoms with van der Waals surface area (Å²) in [7, 11) is 6.03. The molecule has 3 aromatic rings. The summed E-state index contributed by atoms with van der Waals surface area (Å²) in [6.45, 7) is 1.67. The molecule has 0 saturated carbocycles. The highest BCUT2D eigenvalue weighted by Gasteiger charge is 2.20. The molecule has 2 aromatic carbocycles. The maximum Gasteiger partial charge on any atom is 0.257 e. The Kier molecular flexibility index (Phi) is 7.78. The van der Waals surface area contributed by atoms with E-state index in [-0.39, 0.29) is 0 Å². The summed E-state index contributed by atoms with van der Waals surface area (Å²) in [6.07, 6.45) is 0. The number of amides is 1. The van der Waals surface area contributed by atoms with E-state index in [0.717, 1.165) is 18.8 Å². The van der Waals surface area contributed by atoms with Gasteiger partial charge < -0.3 is 19.5 Å². The highest BCUT2D eigenvalue weighted by atomic mass is 35.5. The van der Waals surface area contributed by atoms with Crippen LogP contribution in [-0.4, -0.2) is 60.1 Å². The third-order valence-electron chi connectivity index (χ3n) is 4.50. The molecule has 1 N–H and O–H groups in total. The van der Waals surface area contributed by atoms with Gasteiger partial charge in [-0.3, -0.25) is 4.79 Å². The van der Waals surface area contributed by atoms with Crippen molar-refractivity contribution >= 4 is 52.1 Å². The van der Waals surface area contributed by atoms with Crippen molar-refractivity contribution in [3.8, 4) is 22.9 Å². The SMILES string of the molecule is CN(C)CCN(C)c1cccc(Cl)c1-c1nnc(-c2cccc(NC(=O)C(Cl)Cl)c2)o1. The molecule has 7 nitrogen and oxygen atoms in total. The average Bonchev–Trinajstić information content (AvgIpc) is 3.21. The van der Waals surface area contributed by atoms with Crippen molar-refractivity contribution in [1.82, 2.24) is 15.1 Å². The lowest BCUT2D eigenvalue weighted by molar-refractivity contribution is -0.114. The lowest BCUT2D eigenvalue weighted by Crippen LogP contribution is -2.28. The topological polar surface area (TPSA) is 74.5 Å². The van der Waals surface area contributed by atoms with Crippen LogP contribution in [0.1, 0.15) is 0 Å².